The number of benzene rings is 2. The van der Waals surface area contributed by atoms with Crippen LogP contribution in [0.3, 0.4) is 0 Å². The molecule has 0 aliphatic rings. The second kappa shape index (κ2) is 8.33. The first-order chi connectivity index (χ1) is 12.9. The molecule has 0 aliphatic heterocycles. The number of hydrogen-bond donors (Lipinski definition) is 0. The lowest BCUT2D eigenvalue weighted by molar-refractivity contribution is -0.137. The summed E-state index contributed by atoms with van der Waals surface area (Å²) in [4.78, 5) is 0. The van der Waals surface area contributed by atoms with Gasteiger partial charge in [0.1, 0.15) is 0 Å². The molecule has 0 fully saturated rings. The van der Waals surface area contributed by atoms with Gasteiger partial charge in [0.05, 0.1) is 22.9 Å². The number of aromatic nitrogens is 3. The third kappa shape index (κ3) is 4.45. The first-order valence-electron chi connectivity index (χ1n) is 7.91. The molecule has 27 heavy (non-hydrogen) atoms. The highest BCUT2D eigenvalue weighted by molar-refractivity contribution is 7.99. The summed E-state index contributed by atoms with van der Waals surface area (Å²) in [6.45, 7) is 0.474. The molecule has 1 aromatic heterocycles. The highest BCUT2D eigenvalue weighted by Gasteiger charge is 2.31. The number of rotatable bonds is 6. The quantitative estimate of drug-likeness (QED) is 0.403. The zero-order valence-electron chi connectivity index (χ0n) is 14.2. The molecule has 0 radical (unpaired) electrons. The smallest absolute Gasteiger partial charge is 0.384 e. The van der Waals surface area contributed by atoms with E-state index in [9.17, 15) is 13.2 Å². The number of nitrogens with zero attached hydrogens (tertiary/aromatic N) is 3. The van der Waals surface area contributed by atoms with Crippen molar-refractivity contribution in [1.29, 1.82) is 0 Å². The first-order valence-corrected chi connectivity index (χ1v) is 9.28. The molecule has 0 atom stereocenters. The van der Waals surface area contributed by atoms with Crippen LogP contribution in [0.1, 0.15) is 5.56 Å². The molecule has 0 spiro atoms. The second-order valence-corrected chi connectivity index (χ2v) is 6.98. The van der Waals surface area contributed by atoms with Crippen LogP contribution >= 0.6 is 23.4 Å². The molecule has 4 nitrogen and oxygen atoms in total. The Kier molecular flexibility index (Phi) is 6.08. The van der Waals surface area contributed by atoms with Gasteiger partial charge in [-0.25, -0.2) is 0 Å². The number of halogens is 4. The Bertz CT molecular complexity index is 930. The van der Waals surface area contributed by atoms with E-state index in [0.717, 1.165) is 12.1 Å². The van der Waals surface area contributed by atoms with Crippen molar-refractivity contribution in [2.45, 2.75) is 11.3 Å². The summed E-state index contributed by atoms with van der Waals surface area (Å²) in [5, 5.41) is 9.23. The summed E-state index contributed by atoms with van der Waals surface area (Å²) in [5.74, 6) is 0.954. The zero-order valence-corrected chi connectivity index (χ0v) is 15.8. The third-order valence-corrected chi connectivity index (χ3v) is 4.92. The van der Waals surface area contributed by atoms with Crippen molar-refractivity contribution < 1.29 is 17.9 Å². The second-order valence-electron chi connectivity index (χ2n) is 5.51. The lowest BCUT2D eigenvalue weighted by Crippen LogP contribution is -2.07. The Balaban J connectivity index is 2.14. The van der Waals surface area contributed by atoms with Gasteiger partial charge in [-0.05, 0) is 30.3 Å². The summed E-state index contributed by atoms with van der Waals surface area (Å²) < 4.78 is 46.1. The minimum atomic E-state index is -4.45. The molecule has 0 unspecified atom stereocenters. The number of alkyl halides is 3. The molecule has 3 rings (SSSR count). The van der Waals surface area contributed by atoms with E-state index >= 15 is 0 Å². The average molecular weight is 414 g/mol. The van der Waals surface area contributed by atoms with Gasteiger partial charge in [-0.15, -0.1) is 10.2 Å². The fourth-order valence-corrected chi connectivity index (χ4v) is 3.52. The highest BCUT2D eigenvalue weighted by atomic mass is 35.5. The summed E-state index contributed by atoms with van der Waals surface area (Å²) in [7, 11) is 1.58. The van der Waals surface area contributed by atoms with Gasteiger partial charge in [-0.2, -0.15) is 13.2 Å². The Labute approximate surface area is 163 Å². The van der Waals surface area contributed by atoms with Crippen molar-refractivity contribution in [3.05, 3.63) is 59.1 Å². The van der Waals surface area contributed by atoms with Crippen LogP contribution < -0.4 is 0 Å². The molecule has 0 aliphatic carbocycles. The molecule has 9 heteroatoms. The van der Waals surface area contributed by atoms with Crippen molar-refractivity contribution in [2.75, 3.05) is 19.5 Å². The van der Waals surface area contributed by atoms with Crippen molar-refractivity contribution >= 4 is 23.4 Å². The minimum Gasteiger partial charge on any atom is -0.384 e. The van der Waals surface area contributed by atoms with E-state index in [0.29, 0.717) is 39.6 Å². The number of methoxy groups -OCH3 is 1. The molecule has 0 saturated heterocycles. The van der Waals surface area contributed by atoms with Gasteiger partial charge in [0, 0.05) is 18.4 Å². The zero-order chi connectivity index (χ0) is 19.4. The van der Waals surface area contributed by atoms with Crippen molar-refractivity contribution in [1.82, 2.24) is 14.8 Å². The summed E-state index contributed by atoms with van der Waals surface area (Å²) >= 11 is 7.61. The van der Waals surface area contributed by atoms with E-state index in [-0.39, 0.29) is 0 Å². The van der Waals surface area contributed by atoms with E-state index in [1.807, 2.05) is 0 Å². The molecule has 0 amide bonds. The Morgan fingerprint density at radius 2 is 1.89 bits per heavy atom. The lowest BCUT2D eigenvalue weighted by Gasteiger charge is -2.13. The maximum absolute atomic E-state index is 13.2. The van der Waals surface area contributed by atoms with Crippen LogP contribution in [0.25, 0.3) is 17.1 Å². The van der Waals surface area contributed by atoms with Crippen LogP contribution in [0.5, 0.6) is 0 Å². The topological polar surface area (TPSA) is 39.9 Å². The van der Waals surface area contributed by atoms with E-state index in [1.165, 1.54) is 17.8 Å². The molecule has 0 bridgehead atoms. The largest absolute Gasteiger partial charge is 0.416 e. The SMILES string of the molecule is COCCSc1nnc(-c2ccccc2Cl)n1-c1cccc(C(F)(F)F)c1. The van der Waals surface area contributed by atoms with Crippen LogP contribution in [0.15, 0.2) is 53.7 Å². The summed E-state index contributed by atoms with van der Waals surface area (Å²) in [6.07, 6.45) is -4.45. The van der Waals surface area contributed by atoms with Crippen LogP contribution in [-0.4, -0.2) is 34.2 Å². The molecule has 0 saturated carbocycles. The maximum Gasteiger partial charge on any atom is 0.416 e. The maximum atomic E-state index is 13.2. The Morgan fingerprint density at radius 1 is 1.11 bits per heavy atom. The molecular formula is C18H15ClF3N3OS. The summed E-state index contributed by atoms with van der Waals surface area (Å²) in [6, 6.07) is 12.0. The number of thioether (sulfide) groups is 1. The molecule has 2 aromatic carbocycles. The fourth-order valence-electron chi connectivity index (χ4n) is 2.45. The molecule has 1 heterocycles. The Morgan fingerprint density at radius 3 is 2.59 bits per heavy atom. The van der Waals surface area contributed by atoms with Crippen LogP contribution in [0.4, 0.5) is 13.2 Å². The van der Waals surface area contributed by atoms with Crippen LogP contribution in [0.2, 0.25) is 5.02 Å². The molecule has 142 valence electrons. The van der Waals surface area contributed by atoms with E-state index in [1.54, 1.807) is 42.0 Å². The van der Waals surface area contributed by atoms with Gasteiger partial charge in [0.15, 0.2) is 11.0 Å². The monoisotopic (exact) mass is 413 g/mol. The van der Waals surface area contributed by atoms with Gasteiger partial charge in [-0.1, -0.05) is 41.6 Å². The standard InChI is InChI=1S/C18H15ClF3N3OS/c1-26-9-10-27-17-24-23-16(14-7-2-3-8-15(14)19)25(17)13-6-4-5-12(11-13)18(20,21)22/h2-8,11H,9-10H2,1H3. The number of hydrogen-bond acceptors (Lipinski definition) is 4. The van der Waals surface area contributed by atoms with E-state index < -0.39 is 11.7 Å². The highest BCUT2D eigenvalue weighted by Crippen LogP contribution is 2.34. The van der Waals surface area contributed by atoms with Gasteiger partial charge in [0.25, 0.3) is 0 Å². The first kappa shape index (κ1) is 19.7. The van der Waals surface area contributed by atoms with E-state index in [4.69, 9.17) is 16.3 Å². The third-order valence-electron chi connectivity index (χ3n) is 3.70. The molecule has 3 aromatic rings. The predicted octanol–water partition coefficient (Wildman–Crippen LogP) is 5.35. The summed E-state index contributed by atoms with van der Waals surface area (Å²) in [5.41, 5.74) is 0.152. The van der Waals surface area contributed by atoms with Crippen LogP contribution in [0, 0.1) is 0 Å². The van der Waals surface area contributed by atoms with Crippen molar-refractivity contribution in [3.63, 3.8) is 0 Å². The average Bonchev–Trinajstić information content (AvgIpc) is 3.05. The van der Waals surface area contributed by atoms with Gasteiger partial charge in [-0.3, -0.25) is 4.57 Å². The minimum absolute atomic E-state index is 0.310. The van der Waals surface area contributed by atoms with E-state index in [2.05, 4.69) is 10.2 Å². The Hall–Kier alpha value is -2.03. The number of ether oxygens (including phenoxy) is 1. The molecular weight excluding hydrogens is 399 g/mol. The van der Waals surface area contributed by atoms with Crippen molar-refractivity contribution in [2.24, 2.45) is 0 Å². The predicted molar refractivity (Wildman–Crippen MR) is 99.4 cm³/mol. The van der Waals surface area contributed by atoms with Crippen LogP contribution in [-0.2, 0) is 10.9 Å². The normalized spacial score (nSPS) is 11.7. The lowest BCUT2D eigenvalue weighted by atomic mass is 10.1. The molecule has 0 N–H and O–H groups in total. The van der Waals surface area contributed by atoms with Gasteiger partial charge in [0.2, 0.25) is 0 Å². The van der Waals surface area contributed by atoms with Gasteiger partial charge < -0.3 is 4.74 Å². The van der Waals surface area contributed by atoms with Gasteiger partial charge >= 0.3 is 6.18 Å². The fraction of sp³-hybridized carbons (Fsp3) is 0.222. The van der Waals surface area contributed by atoms with Crippen molar-refractivity contribution in [3.8, 4) is 17.1 Å².